The molecule has 0 aliphatic carbocycles. The van der Waals surface area contributed by atoms with Crippen molar-refractivity contribution in [3.05, 3.63) is 79.1 Å². The first kappa shape index (κ1) is 20.9. The van der Waals surface area contributed by atoms with Crippen molar-refractivity contribution in [2.75, 3.05) is 19.0 Å². The zero-order valence-electron chi connectivity index (χ0n) is 17.6. The summed E-state index contributed by atoms with van der Waals surface area (Å²) in [5, 5.41) is 2.78. The highest BCUT2D eigenvalue weighted by molar-refractivity contribution is 5.91. The molecule has 9 heteroatoms. The maximum atomic E-state index is 12.2. The van der Waals surface area contributed by atoms with Crippen LogP contribution in [0.2, 0.25) is 0 Å². The third-order valence-electron chi connectivity index (χ3n) is 4.34. The molecule has 0 radical (unpaired) electrons. The number of rotatable bonds is 8. The molecule has 1 amide bonds. The lowest BCUT2D eigenvalue weighted by atomic mass is 10.3. The molecule has 2 aromatic carbocycles. The quantitative estimate of drug-likeness (QED) is 0.453. The lowest BCUT2D eigenvalue weighted by Crippen LogP contribution is -2.20. The summed E-state index contributed by atoms with van der Waals surface area (Å²) in [6.07, 6.45) is 5.12. The van der Waals surface area contributed by atoms with Crippen molar-refractivity contribution in [2.45, 2.75) is 6.92 Å². The zero-order valence-corrected chi connectivity index (χ0v) is 17.6. The van der Waals surface area contributed by atoms with Crippen LogP contribution in [0, 0.1) is 6.92 Å². The molecule has 32 heavy (non-hydrogen) atoms. The highest BCUT2D eigenvalue weighted by Crippen LogP contribution is 2.23. The molecular formula is C23H21N5O4. The average molecular weight is 431 g/mol. The Labute approximate surface area is 184 Å². The fourth-order valence-electron chi connectivity index (χ4n) is 2.87. The number of aromatic nitrogens is 4. The van der Waals surface area contributed by atoms with E-state index in [-0.39, 0.29) is 12.5 Å². The summed E-state index contributed by atoms with van der Waals surface area (Å²) in [5.74, 6) is 3.15. The lowest BCUT2D eigenvalue weighted by Gasteiger charge is -2.10. The molecule has 0 atom stereocenters. The molecule has 2 heterocycles. The maximum Gasteiger partial charge on any atom is 0.262 e. The molecule has 0 spiro atoms. The molecular weight excluding hydrogens is 410 g/mol. The van der Waals surface area contributed by atoms with E-state index in [0.717, 1.165) is 0 Å². The van der Waals surface area contributed by atoms with Crippen molar-refractivity contribution >= 4 is 11.6 Å². The van der Waals surface area contributed by atoms with Gasteiger partial charge >= 0.3 is 0 Å². The van der Waals surface area contributed by atoms with E-state index in [1.54, 1.807) is 91.9 Å². The number of benzene rings is 2. The Hall–Kier alpha value is -4.40. The van der Waals surface area contributed by atoms with Gasteiger partial charge in [-0.1, -0.05) is 6.07 Å². The Balaban J connectivity index is 1.34. The Bertz CT molecular complexity index is 1190. The summed E-state index contributed by atoms with van der Waals surface area (Å²) in [6, 6.07) is 15.8. The molecule has 0 saturated carbocycles. The third-order valence-corrected chi connectivity index (χ3v) is 4.34. The van der Waals surface area contributed by atoms with Gasteiger partial charge in [-0.3, -0.25) is 9.36 Å². The largest absolute Gasteiger partial charge is 0.497 e. The number of carbonyl (C=O) groups is 1. The third kappa shape index (κ3) is 5.39. The zero-order chi connectivity index (χ0) is 22.3. The molecule has 0 fully saturated rings. The first-order valence-electron chi connectivity index (χ1n) is 9.78. The van der Waals surface area contributed by atoms with Gasteiger partial charge in [0.2, 0.25) is 5.88 Å². The fourth-order valence-corrected chi connectivity index (χ4v) is 2.87. The second-order valence-corrected chi connectivity index (χ2v) is 6.72. The van der Waals surface area contributed by atoms with Crippen molar-refractivity contribution < 1.29 is 19.0 Å². The number of methoxy groups -OCH3 is 1. The molecule has 0 aliphatic rings. The smallest absolute Gasteiger partial charge is 0.262 e. The molecule has 162 valence electrons. The van der Waals surface area contributed by atoms with Crippen LogP contribution in [0.1, 0.15) is 5.82 Å². The number of nitrogens with zero attached hydrogens (tertiary/aromatic N) is 4. The average Bonchev–Trinajstić information content (AvgIpc) is 3.34. The van der Waals surface area contributed by atoms with Gasteiger partial charge in [0.15, 0.2) is 6.61 Å². The van der Waals surface area contributed by atoms with Gasteiger partial charge in [0.1, 0.15) is 35.2 Å². The number of imidazole rings is 1. The van der Waals surface area contributed by atoms with Gasteiger partial charge in [0, 0.05) is 30.2 Å². The maximum absolute atomic E-state index is 12.2. The monoisotopic (exact) mass is 431 g/mol. The predicted molar refractivity (Wildman–Crippen MR) is 118 cm³/mol. The minimum absolute atomic E-state index is 0.122. The van der Waals surface area contributed by atoms with E-state index in [0.29, 0.717) is 40.5 Å². The number of nitrogens with one attached hydrogen (secondary N) is 1. The van der Waals surface area contributed by atoms with Crippen molar-refractivity contribution in [1.82, 2.24) is 19.5 Å². The second kappa shape index (κ2) is 9.61. The Morgan fingerprint density at radius 2 is 1.84 bits per heavy atom. The Morgan fingerprint density at radius 3 is 2.59 bits per heavy atom. The molecule has 4 rings (SSSR count). The lowest BCUT2D eigenvalue weighted by molar-refractivity contribution is -0.118. The number of amides is 1. The Morgan fingerprint density at radius 1 is 1.03 bits per heavy atom. The van der Waals surface area contributed by atoms with E-state index >= 15 is 0 Å². The number of hydrogen-bond donors (Lipinski definition) is 1. The van der Waals surface area contributed by atoms with Crippen LogP contribution in [0.4, 0.5) is 5.69 Å². The van der Waals surface area contributed by atoms with Crippen molar-refractivity contribution in [2.24, 2.45) is 0 Å². The number of hydrogen-bond acceptors (Lipinski definition) is 7. The van der Waals surface area contributed by atoms with Gasteiger partial charge in [-0.05, 0) is 43.3 Å². The summed E-state index contributed by atoms with van der Waals surface area (Å²) in [4.78, 5) is 24.9. The van der Waals surface area contributed by atoms with E-state index in [1.165, 1.54) is 0 Å². The second-order valence-electron chi connectivity index (χ2n) is 6.72. The minimum Gasteiger partial charge on any atom is -0.497 e. The summed E-state index contributed by atoms with van der Waals surface area (Å²) in [5.41, 5.74) is 0.620. The minimum atomic E-state index is -0.280. The van der Waals surface area contributed by atoms with Crippen LogP contribution in [0.5, 0.6) is 23.1 Å². The summed E-state index contributed by atoms with van der Waals surface area (Å²) >= 11 is 0. The Kier molecular flexibility index (Phi) is 6.26. The van der Waals surface area contributed by atoms with Crippen LogP contribution in [-0.4, -0.2) is 39.1 Å². The van der Waals surface area contributed by atoms with Gasteiger partial charge < -0.3 is 19.5 Å². The highest BCUT2D eigenvalue weighted by Gasteiger charge is 2.08. The number of anilines is 1. The molecule has 1 N–H and O–H groups in total. The van der Waals surface area contributed by atoms with E-state index < -0.39 is 0 Å². The topological polar surface area (TPSA) is 100 Å². The number of carbonyl (C=O) groups excluding carboxylic acids is 1. The van der Waals surface area contributed by atoms with Gasteiger partial charge in [-0.25, -0.2) is 9.97 Å². The molecule has 0 bridgehead atoms. The van der Waals surface area contributed by atoms with Gasteiger partial charge in [-0.2, -0.15) is 4.98 Å². The van der Waals surface area contributed by atoms with Crippen LogP contribution in [-0.2, 0) is 4.79 Å². The van der Waals surface area contributed by atoms with Crippen LogP contribution < -0.4 is 19.5 Å². The summed E-state index contributed by atoms with van der Waals surface area (Å²) in [6.45, 7) is 1.67. The van der Waals surface area contributed by atoms with Crippen LogP contribution >= 0.6 is 0 Å². The first-order valence-corrected chi connectivity index (χ1v) is 9.78. The van der Waals surface area contributed by atoms with Gasteiger partial charge in [0.25, 0.3) is 5.91 Å². The van der Waals surface area contributed by atoms with Crippen LogP contribution in [0.25, 0.3) is 5.82 Å². The normalized spacial score (nSPS) is 10.4. The van der Waals surface area contributed by atoms with Gasteiger partial charge in [-0.15, -0.1) is 0 Å². The molecule has 0 aliphatic heterocycles. The van der Waals surface area contributed by atoms with Gasteiger partial charge in [0.05, 0.1) is 7.11 Å². The van der Waals surface area contributed by atoms with Crippen molar-refractivity contribution in [3.8, 4) is 28.9 Å². The number of ether oxygens (including phenoxy) is 3. The summed E-state index contributed by atoms with van der Waals surface area (Å²) in [7, 11) is 1.57. The van der Waals surface area contributed by atoms with Crippen molar-refractivity contribution in [1.29, 1.82) is 0 Å². The fraction of sp³-hybridized carbons (Fsp3) is 0.130. The molecule has 9 nitrogen and oxygen atoms in total. The molecule has 0 unspecified atom stereocenters. The molecule has 4 aromatic rings. The predicted octanol–water partition coefficient (Wildman–Crippen LogP) is 3.79. The van der Waals surface area contributed by atoms with E-state index in [2.05, 4.69) is 20.3 Å². The van der Waals surface area contributed by atoms with E-state index in [4.69, 9.17) is 14.2 Å². The highest BCUT2D eigenvalue weighted by atomic mass is 16.5. The molecule has 2 aromatic heterocycles. The SMILES string of the molecule is COc1cccc(OCC(=O)Nc2ccc(Oc3cc(-n4ccnc4)nc(C)n3)cc2)c1. The van der Waals surface area contributed by atoms with Crippen LogP contribution in [0.15, 0.2) is 73.3 Å². The van der Waals surface area contributed by atoms with E-state index in [1.807, 2.05) is 0 Å². The van der Waals surface area contributed by atoms with Crippen molar-refractivity contribution in [3.63, 3.8) is 0 Å². The molecule has 0 saturated heterocycles. The van der Waals surface area contributed by atoms with E-state index in [9.17, 15) is 4.79 Å². The summed E-state index contributed by atoms with van der Waals surface area (Å²) < 4.78 is 18.3. The van der Waals surface area contributed by atoms with Crippen LogP contribution in [0.3, 0.4) is 0 Å². The number of aryl methyl sites for hydroxylation is 1. The first-order chi connectivity index (χ1) is 15.6. The standard InChI is InChI=1S/C23H21N5O4/c1-16-25-21(28-11-10-24-15-28)13-23(26-16)32-18-8-6-17(7-9-18)27-22(29)14-31-20-5-3-4-19(12-20)30-2/h3-13,15H,14H2,1-2H3,(H,27,29).